The summed E-state index contributed by atoms with van der Waals surface area (Å²) in [7, 11) is 0. The van der Waals surface area contributed by atoms with E-state index in [2.05, 4.69) is 69.8 Å². The van der Waals surface area contributed by atoms with Crippen LogP contribution in [-0.4, -0.2) is 202 Å². The maximum atomic E-state index is 14.5. The minimum absolute atomic E-state index is 0.00399. The van der Waals surface area contributed by atoms with Crippen LogP contribution in [0.2, 0.25) is 0 Å². The quantitative estimate of drug-likeness (QED) is 0.0156. The fraction of sp³-hybridized carbons (Fsp3) is 0.733. The largest absolute Gasteiger partial charge is 0.481 e. The van der Waals surface area contributed by atoms with Crippen LogP contribution in [0.4, 0.5) is 0 Å². The summed E-state index contributed by atoms with van der Waals surface area (Å²) < 4.78 is 0. The van der Waals surface area contributed by atoms with E-state index >= 15 is 0 Å². The molecular weight excluding hydrogens is 1270 g/mol. The van der Waals surface area contributed by atoms with Gasteiger partial charge in [-0.25, -0.2) is 0 Å². The lowest BCUT2D eigenvalue weighted by atomic mass is 10.0. The molecule has 9 atom stereocenters. The number of hydrogen-bond donors (Lipinski definition) is 21. The molecule has 0 rings (SSSR count). The molecule has 0 saturated carbocycles. The van der Waals surface area contributed by atoms with E-state index < -0.39 is 164 Å². The molecule has 552 valence electrons. The van der Waals surface area contributed by atoms with Crippen LogP contribution in [-0.2, 0) is 62.3 Å². The van der Waals surface area contributed by atoms with Gasteiger partial charge < -0.3 is 114 Å². The van der Waals surface area contributed by atoms with Gasteiger partial charge in [-0.2, -0.15) is 0 Å². The molecule has 10 amide bonds. The summed E-state index contributed by atoms with van der Waals surface area (Å²) in [4.78, 5) is 183. The van der Waals surface area contributed by atoms with Crippen molar-refractivity contribution >= 4 is 94.9 Å². The topological polar surface area (TPSA) is 656 Å². The number of guanidine groups is 3. The Kier molecular flexibility index (Phi) is 47.2. The van der Waals surface area contributed by atoms with Crippen molar-refractivity contribution < 1.29 is 82.8 Å². The number of amides is 10. The van der Waals surface area contributed by atoms with Crippen molar-refractivity contribution in [1.29, 1.82) is 0 Å². The number of carboxylic acids is 3. The zero-order valence-corrected chi connectivity index (χ0v) is 56.1. The van der Waals surface area contributed by atoms with Crippen molar-refractivity contribution in [3.63, 3.8) is 0 Å². The van der Waals surface area contributed by atoms with Crippen molar-refractivity contribution in [2.24, 2.45) is 60.8 Å². The highest BCUT2D eigenvalue weighted by Gasteiger charge is 2.35. The van der Waals surface area contributed by atoms with Crippen LogP contribution < -0.4 is 93.7 Å². The van der Waals surface area contributed by atoms with Gasteiger partial charge in [0, 0.05) is 38.9 Å². The van der Waals surface area contributed by atoms with Gasteiger partial charge in [-0.15, -0.1) is 0 Å². The molecule has 37 nitrogen and oxygen atoms in total. The molecule has 0 aliphatic heterocycles. The van der Waals surface area contributed by atoms with E-state index in [1.165, 1.54) is 44.9 Å². The maximum Gasteiger partial charge on any atom is 0.305 e. The number of hydrogen-bond acceptors (Lipinski definition) is 18. The molecule has 0 spiro atoms. The van der Waals surface area contributed by atoms with Gasteiger partial charge >= 0.3 is 17.9 Å². The third kappa shape index (κ3) is 43.5. The van der Waals surface area contributed by atoms with Crippen LogP contribution in [0.15, 0.2) is 15.0 Å². The van der Waals surface area contributed by atoms with Crippen molar-refractivity contribution in [1.82, 2.24) is 47.9 Å². The smallest absolute Gasteiger partial charge is 0.305 e. The van der Waals surface area contributed by atoms with Crippen LogP contribution in [0.3, 0.4) is 0 Å². The van der Waals surface area contributed by atoms with Gasteiger partial charge in [-0.3, -0.25) is 77.3 Å². The standard InChI is InChI=1S/C60H110N20O17/c1-3-4-5-6-7-8-9-10-11-12-13-14-15-25-45(82)73-41(26-28-46(83)84)55(95)77-39(23-19-32-70-59(65)66)53(93)78-42(27-29-47(85)86)56(96)74-37(21-16-17-30-61)51(91)75-38(22-18-31-69-58(63)64)52(92)76-40(24-20-33-71-60(67)68)54(94)80-44(35-81)57(97)72-36(2)50(90)79-43(49(62)89)34-48(87)88/h36-44,81H,3-35,61H2,1-2H3,(H2,62,89)(H,72,97)(H,73,82)(H,74,96)(H,75,91)(H,76,92)(H,77,95)(H,78,93)(H,79,90)(H,80,94)(H,83,84)(H,85,86)(H,87,88)(H4,63,64,69)(H4,65,66,70)(H4,67,68,71)/t36-,37-,38-,39-,40-,41-,42-,43-,44-/m0/s1. The minimum Gasteiger partial charge on any atom is -0.481 e. The van der Waals surface area contributed by atoms with Gasteiger partial charge in [0.1, 0.15) is 54.4 Å². The number of aliphatic hydroxyl groups is 1. The molecule has 0 fully saturated rings. The van der Waals surface area contributed by atoms with Gasteiger partial charge in [-0.05, 0) is 90.5 Å². The number of carbonyl (C=O) groups is 13. The molecule has 0 aromatic carbocycles. The zero-order chi connectivity index (χ0) is 73.3. The lowest BCUT2D eigenvalue weighted by Crippen LogP contribution is -2.60. The maximum absolute atomic E-state index is 14.5. The Morgan fingerprint density at radius 2 is 0.649 bits per heavy atom. The number of aliphatic imine (C=N–C) groups is 3. The number of carbonyl (C=O) groups excluding carboxylic acids is 10. The van der Waals surface area contributed by atoms with Crippen molar-refractivity contribution in [3.05, 3.63) is 0 Å². The molecule has 0 aliphatic rings. The first kappa shape index (κ1) is 87.8. The number of carboxylic acid groups (broad SMARTS) is 3. The first-order valence-corrected chi connectivity index (χ1v) is 33.1. The second-order valence-corrected chi connectivity index (χ2v) is 23.4. The number of nitrogens with two attached hydrogens (primary N) is 8. The fourth-order valence-electron chi connectivity index (χ4n) is 9.62. The highest BCUT2D eigenvalue weighted by molar-refractivity contribution is 5.99. The molecule has 0 heterocycles. The third-order valence-corrected chi connectivity index (χ3v) is 15.0. The molecule has 97 heavy (non-hydrogen) atoms. The van der Waals surface area contributed by atoms with Crippen LogP contribution in [0.5, 0.6) is 0 Å². The second-order valence-electron chi connectivity index (χ2n) is 23.4. The first-order valence-electron chi connectivity index (χ1n) is 33.1. The van der Waals surface area contributed by atoms with Crippen LogP contribution in [0.25, 0.3) is 0 Å². The number of unbranched alkanes of at least 4 members (excludes halogenated alkanes) is 13. The Morgan fingerprint density at radius 1 is 0.340 bits per heavy atom. The molecule has 37 heteroatoms. The molecule has 0 unspecified atom stereocenters. The SMILES string of the molecule is CCCCCCCCCCCCCCCC(=O)N[C@@H](CCC(=O)O)C(=O)N[C@@H](CCCN=C(N)N)C(=O)N[C@@H](CCC(=O)O)C(=O)N[C@@H](CCCCN)C(=O)N[C@@H](CCCN=C(N)N)C(=O)N[C@@H](CCCN=C(N)N)C(=O)N[C@@H](CO)C(=O)N[C@@H](C)C(=O)N[C@@H](CC(=O)O)C(N)=O. The predicted molar refractivity (Wildman–Crippen MR) is 358 cm³/mol. The van der Waals surface area contributed by atoms with Crippen LogP contribution in [0, 0.1) is 0 Å². The zero-order valence-electron chi connectivity index (χ0n) is 56.1. The summed E-state index contributed by atoms with van der Waals surface area (Å²) >= 11 is 0. The number of nitrogens with zero attached hydrogens (tertiary/aromatic N) is 3. The van der Waals surface area contributed by atoms with Gasteiger partial charge in [0.25, 0.3) is 0 Å². The summed E-state index contributed by atoms with van der Waals surface area (Å²) in [6, 6.07) is -14.4. The highest BCUT2D eigenvalue weighted by Crippen LogP contribution is 2.15. The normalized spacial score (nSPS) is 13.6. The summed E-state index contributed by atoms with van der Waals surface area (Å²) in [5.74, 6) is -15.3. The molecule has 0 aromatic rings. The fourth-order valence-corrected chi connectivity index (χ4v) is 9.62. The average molecular weight is 1380 g/mol. The first-order chi connectivity index (χ1) is 45.9. The molecule has 0 saturated heterocycles. The molecule has 0 radical (unpaired) electrons. The van der Waals surface area contributed by atoms with E-state index in [0.29, 0.717) is 12.8 Å². The minimum atomic E-state index is -1.81. The summed E-state index contributed by atoms with van der Waals surface area (Å²) in [5, 5.41) is 60.4. The Labute approximate surface area is 565 Å². The van der Waals surface area contributed by atoms with Gasteiger partial charge in [0.15, 0.2) is 17.9 Å². The van der Waals surface area contributed by atoms with E-state index in [9.17, 15) is 77.6 Å². The van der Waals surface area contributed by atoms with Crippen molar-refractivity contribution in [2.75, 3.05) is 32.8 Å². The van der Waals surface area contributed by atoms with Gasteiger partial charge in [-0.1, -0.05) is 84.0 Å². The number of nitrogens with one attached hydrogen (secondary N) is 9. The monoisotopic (exact) mass is 1380 g/mol. The Morgan fingerprint density at radius 3 is 0.969 bits per heavy atom. The van der Waals surface area contributed by atoms with Crippen molar-refractivity contribution in [3.8, 4) is 0 Å². The predicted octanol–water partition coefficient (Wildman–Crippen LogP) is -4.18. The second kappa shape index (κ2) is 52.1. The molecule has 0 aromatic heterocycles. The Balaban J connectivity index is 6.96. The van der Waals surface area contributed by atoms with E-state index in [1.807, 2.05) is 0 Å². The molecule has 29 N–H and O–H groups in total. The summed E-state index contributed by atoms with van der Waals surface area (Å²) in [6.07, 6.45) is 10.5. The molecule has 0 aliphatic carbocycles. The van der Waals surface area contributed by atoms with Crippen LogP contribution >= 0.6 is 0 Å². The van der Waals surface area contributed by atoms with Gasteiger partial charge in [0.05, 0.1) is 13.0 Å². The number of aliphatic hydroxyl groups excluding tert-OH is 1. The van der Waals surface area contributed by atoms with E-state index in [1.54, 1.807) is 0 Å². The highest BCUT2D eigenvalue weighted by atomic mass is 16.4. The lowest BCUT2D eigenvalue weighted by molar-refractivity contribution is -0.141. The molecular formula is C60H110N20O17. The lowest BCUT2D eigenvalue weighted by Gasteiger charge is -2.28. The van der Waals surface area contributed by atoms with Gasteiger partial charge in [0.2, 0.25) is 59.1 Å². The summed E-state index contributed by atoms with van der Waals surface area (Å²) in [5.41, 5.74) is 44.0. The number of aliphatic carboxylic acids is 3. The Bertz CT molecular complexity index is 2580. The third-order valence-electron chi connectivity index (χ3n) is 15.0. The Hall–Kier alpha value is -9.16. The molecule has 0 bridgehead atoms. The van der Waals surface area contributed by atoms with E-state index in [-0.39, 0.29) is 108 Å². The van der Waals surface area contributed by atoms with Crippen LogP contribution in [0.1, 0.15) is 194 Å². The van der Waals surface area contributed by atoms with E-state index in [0.717, 1.165) is 39.0 Å². The number of rotatable bonds is 57. The van der Waals surface area contributed by atoms with E-state index in [4.69, 9.17) is 51.0 Å². The average Bonchev–Trinajstić information content (AvgIpc) is 1.06. The summed E-state index contributed by atoms with van der Waals surface area (Å²) in [6.45, 7) is 2.12. The number of primary amides is 1. The van der Waals surface area contributed by atoms with Crippen molar-refractivity contribution in [2.45, 2.75) is 248 Å².